The predicted molar refractivity (Wildman–Crippen MR) is 64.1 cm³/mol. The number of piperazine rings is 1. The molecule has 0 aromatic carbocycles. The summed E-state index contributed by atoms with van der Waals surface area (Å²) in [5.74, 6) is 0.909. The van der Waals surface area contributed by atoms with E-state index in [1.54, 1.807) is 0 Å². The first-order valence-electron chi connectivity index (χ1n) is 6.54. The van der Waals surface area contributed by atoms with Crippen molar-refractivity contribution in [1.82, 2.24) is 15.1 Å². The molecule has 2 aliphatic heterocycles. The van der Waals surface area contributed by atoms with Crippen LogP contribution in [0.2, 0.25) is 0 Å². The average Bonchev–Trinajstić information content (AvgIpc) is 2.31. The number of nitrogens with zero attached hydrogens (tertiary/aromatic N) is 2. The van der Waals surface area contributed by atoms with Crippen molar-refractivity contribution in [1.29, 1.82) is 0 Å². The van der Waals surface area contributed by atoms with Crippen LogP contribution < -0.4 is 5.32 Å². The number of likely N-dealkylation sites (N-methyl/N-ethyl adjacent to an activating group) is 1. The summed E-state index contributed by atoms with van der Waals surface area (Å²) in [6.45, 7) is 12.4. The Balaban J connectivity index is 1.67. The second kappa shape index (κ2) is 5.83. The van der Waals surface area contributed by atoms with Crippen LogP contribution in [0.4, 0.5) is 0 Å². The van der Waals surface area contributed by atoms with Gasteiger partial charge in [-0.2, -0.15) is 0 Å². The highest BCUT2D eigenvalue weighted by molar-refractivity contribution is 4.77. The molecular weight excluding hydrogens is 186 g/mol. The minimum Gasteiger partial charge on any atom is -0.316 e. The van der Waals surface area contributed by atoms with Gasteiger partial charge in [-0.15, -0.1) is 0 Å². The van der Waals surface area contributed by atoms with Crippen LogP contribution in [0.15, 0.2) is 0 Å². The van der Waals surface area contributed by atoms with Crippen molar-refractivity contribution in [2.45, 2.75) is 19.8 Å². The number of hydrogen-bond donors (Lipinski definition) is 1. The van der Waals surface area contributed by atoms with Crippen LogP contribution in [-0.4, -0.2) is 62.2 Å². The Labute approximate surface area is 93.8 Å². The van der Waals surface area contributed by atoms with Crippen molar-refractivity contribution >= 4 is 0 Å². The maximum Gasteiger partial charge on any atom is 0.0110 e. The van der Waals surface area contributed by atoms with E-state index in [9.17, 15) is 0 Å². The third-order valence-corrected chi connectivity index (χ3v) is 3.83. The minimum atomic E-state index is 0.909. The second-order valence-electron chi connectivity index (χ2n) is 4.95. The quantitative estimate of drug-likeness (QED) is 0.738. The van der Waals surface area contributed by atoms with Gasteiger partial charge in [0.25, 0.3) is 0 Å². The molecule has 0 aromatic heterocycles. The minimum absolute atomic E-state index is 0.909. The predicted octanol–water partition coefficient (Wildman–Crippen LogP) is 0.623. The smallest absolute Gasteiger partial charge is 0.0110 e. The molecule has 1 N–H and O–H groups in total. The molecule has 88 valence electrons. The Hall–Kier alpha value is -0.120. The zero-order valence-electron chi connectivity index (χ0n) is 10.0. The van der Waals surface area contributed by atoms with Gasteiger partial charge in [-0.05, 0) is 38.4 Å². The molecule has 0 spiro atoms. The molecule has 0 aromatic rings. The third kappa shape index (κ3) is 3.44. The van der Waals surface area contributed by atoms with Crippen molar-refractivity contribution in [2.24, 2.45) is 5.92 Å². The normalized spacial score (nSPS) is 30.6. The summed E-state index contributed by atoms with van der Waals surface area (Å²) < 4.78 is 0. The summed E-state index contributed by atoms with van der Waals surface area (Å²) in [7, 11) is 0. The van der Waals surface area contributed by atoms with Crippen LogP contribution >= 0.6 is 0 Å². The monoisotopic (exact) mass is 211 g/mol. The summed E-state index contributed by atoms with van der Waals surface area (Å²) in [4.78, 5) is 5.21. The van der Waals surface area contributed by atoms with Gasteiger partial charge in [0, 0.05) is 32.7 Å². The molecule has 0 aliphatic carbocycles. The molecule has 3 heteroatoms. The Morgan fingerprint density at radius 1 is 1.13 bits per heavy atom. The van der Waals surface area contributed by atoms with Gasteiger partial charge in [0.05, 0.1) is 0 Å². The summed E-state index contributed by atoms with van der Waals surface area (Å²) in [6, 6.07) is 0. The van der Waals surface area contributed by atoms with Crippen molar-refractivity contribution in [2.75, 3.05) is 52.4 Å². The van der Waals surface area contributed by atoms with Crippen molar-refractivity contribution < 1.29 is 0 Å². The number of nitrogens with one attached hydrogen (secondary N) is 1. The fraction of sp³-hybridized carbons (Fsp3) is 1.00. The van der Waals surface area contributed by atoms with E-state index < -0.39 is 0 Å². The van der Waals surface area contributed by atoms with Gasteiger partial charge in [0.1, 0.15) is 0 Å². The lowest BCUT2D eigenvalue weighted by Crippen LogP contribution is -2.48. The first-order valence-corrected chi connectivity index (χ1v) is 6.54. The molecule has 2 rings (SSSR count). The molecule has 2 fully saturated rings. The van der Waals surface area contributed by atoms with E-state index >= 15 is 0 Å². The summed E-state index contributed by atoms with van der Waals surface area (Å²) in [5, 5.41) is 3.51. The molecular formula is C12H25N3. The van der Waals surface area contributed by atoms with Gasteiger partial charge in [-0.25, -0.2) is 0 Å². The lowest BCUT2D eigenvalue weighted by molar-refractivity contribution is 0.116. The van der Waals surface area contributed by atoms with Gasteiger partial charge in [-0.1, -0.05) is 6.92 Å². The maximum absolute atomic E-state index is 3.51. The highest BCUT2D eigenvalue weighted by Crippen LogP contribution is 2.13. The Morgan fingerprint density at radius 2 is 1.87 bits per heavy atom. The zero-order chi connectivity index (χ0) is 10.5. The first-order chi connectivity index (χ1) is 7.38. The molecule has 0 radical (unpaired) electrons. The van der Waals surface area contributed by atoms with Crippen LogP contribution in [0.3, 0.4) is 0 Å². The van der Waals surface area contributed by atoms with E-state index in [0.29, 0.717) is 0 Å². The zero-order valence-corrected chi connectivity index (χ0v) is 10.0. The molecule has 1 atom stereocenters. The summed E-state index contributed by atoms with van der Waals surface area (Å²) in [6.07, 6.45) is 2.81. The molecule has 1 unspecified atom stereocenters. The van der Waals surface area contributed by atoms with Crippen molar-refractivity contribution in [3.8, 4) is 0 Å². The number of piperidine rings is 1. The Morgan fingerprint density at radius 3 is 2.47 bits per heavy atom. The molecule has 2 saturated heterocycles. The summed E-state index contributed by atoms with van der Waals surface area (Å²) in [5.41, 5.74) is 0. The lowest BCUT2D eigenvalue weighted by Gasteiger charge is -2.36. The van der Waals surface area contributed by atoms with E-state index in [0.717, 1.165) is 5.92 Å². The molecule has 0 bridgehead atoms. The number of rotatable bonds is 3. The fourth-order valence-corrected chi connectivity index (χ4v) is 2.73. The van der Waals surface area contributed by atoms with Crippen LogP contribution in [-0.2, 0) is 0 Å². The number of hydrogen-bond acceptors (Lipinski definition) is 3. The largest absolute Gasteiger partial charge is 0.316 e. The highest BCUT2D eigenvalue weighted by atomic mass is 15.3. The van der Waals surface area contributed by atoms with Crippen LogP contribution in [0, 0.1) is 5.92 Å². The molecule has 0 amide bonds. The SMILES string of the molecule is CCN1CCN(CC2CCCNC2)CC1. The molecule has 2 aliphatic rings. The topological polar surface area (TPSA) is 18.5 Å². The summed E-state index contributed by atoms with van der Waals surface area (Å²) >= 11 is 0. The van der Waals surface area contributed by atoms with E-state index in [-0.39, 0.29) is 0 Å². The van der Waals surface area contributed by atoms with Crippen molar-refractivity contribution in [3.63, 3.8) is 0 Å². The standard InChI is InChI=1S/C12H25N3/c1-2-14-6-8-15(9-7-14)11-12-4-3-5-13-10-12/h12-13H,2-11H2,1H3. The van der Waals surface area contributed by atoms with E-state index in [1.807, 2.05) is 0 Å². The van der Waals surface area contributed by atoms with Crippen LogP contribution in [0.25, 0.3) is 0 Å². The molecule has 3 nitrogen and oxygen atoms in total. The van der Waals surface area contributed by atoms with Crippen LogP contribution in [0.5, 0.6) is 0 Å². The Bertz CT molecular complexity index is 170. The fourth-order valence-electron chi connectivity index (χ4n) is 2.73. The van der Waals surface area contributed by atoms with Gasteiger partial charge < -0.3 is 15.1 Å². The Kier molecular flexibility index (Phi) is 4.42. The van der Waals surface area contributed by atoms with Crippen LogP contribution in [0.1, 0.15) is 19.8 Å². The molecule has 15 heavy (non-hydrogen) atoms. The van der Waals surface area contributed by atoms with E-state index in [1.165, 1.54) is 65.2 Å². The second-order valence-corrected chi connectivity index (χ2v) is 4.95. The van der Waals surface area contributed by atoms with Gasteiger partial charge >= 0.3 is 0 Å². The van der Waals surface area contributed by atoms with Gasteiger partial charge in [0.15, 0.2) is 0 Å². The molecule has 0 saturated carbocycles. The lowest BCUT2D eigenvalue weighted by atomic mass is 9.99. The maximum atomic E-state index is 3.51. The highest BCUT2D eigenvalue weighted by Gasteiger charge is 2.20. The van der Waals surface area contributed by atoms with E-state index in [4.69, 9.17) is 0 Å². The average molecular weight is 211 g/mol. The third-order valence-electron chi connectivity index (χ3n) is 3.83. The van der Waals surface area contributed by atoms with Crippen molar-refractivity contribution in [3.05, 3.63) is 0 Å². The molecule has 2 heterocycles. The van der Waals surface area contributed by atoms with E-state index in [2.05, 4.69) is 22.0 Å². The van der Waals surface area contributed by atoms with Gasteiger partial charge in [-0.3, -0.25) is 0 Å². The first kappa shape index (κ1) is 11.4. The van der Waals surface area contributed by atoms with Gasteiger partial charge in [0.2, 0.25) is 0 Å².